The van der Waals surface area contributed by atoms with Gasteiger partial charge in [0.1, 0.15) is 6.10 Å². The summed E-state index contributed by atoms with van der Waals surface area (Å²) in [6.45, 7) is 0. The van der Waals surface area contributed by atoms with E-state index in [0.717, 1.165) is 29.9 Å². The van der Waals surface area contributed by atoms with E-state index in [1.807, 2.05) is 28.9 Å². The quantitative estimate of drug-likeness (QED) is 0.798. The molecule has 0 radical (unpaired) electrons. The van der Waals surface area contributed by atoms with Gasteiger partial charge in [-0.05, 0) is 30.5 Å². The molecule has 2 heterocycles. The first-order chi connectivity index (χ1) is 9.19. The summed E-state index contributed by atoms with van der Waals surface area (Å²) in [6, 6.07) is 7.99. The van der Waals surface area contributed by atoms with Crippen molar-refractivity contribution in [3.63, 3.8) is 0 Å². The highest BCUT2D eigenvalue weighted by Crippen LogP contribution is 2.36. The predicted octanol–water partition coefficient (Wildman–Crippen LogP) is 1.51. The average molecular weight is 259 g/mol. The Labute approximate surface area is 111 Å². The molecule has 0 saturated heterocycles. The third-order valence-corrected chi connectivity index (χ3v) is 3.57. The Kier molecular flexibility index (Phi) is 2.87. The number of ether oxygens (including phenoxy) is 1. The van der Waals surface area contributed by atoms with Gasteiger partial charge in [0.25, 0.3) is 0 Å². The second kappa shape index (κ2) is 4.55. The van der Waals surface area contributed by atoms with E-state index < -0.39 is 0 Å². The van der Waals surface area contributed by atoms with Gasteiger partial charge in [-0.3, -0.25) is 0 Å². The number of aromatic nitrogens is 3. The minimum Gasteiger partial charge on any atom is -0.399 e. The molecule has 0 saturated carbocycles. The first-order valence-corrected chi connectivity index (χ1v) is 6.29. The van der Waals surface area contributed by atoms with E-state index >= 15 is 0 Å². The van der Waals surface area contributed by atoms with Crippen molar-refractivity contribution in [1.29, 1.82) is 0 Å². The van der Waals surface area contributed by atoms with Gasteiger partial charge in [0.05, 0.1) is 6.04 Å². The monoisotopic (exact) mass is 259 g/mol. The average Bonchev–Trinajstić information content (AvgIpc) is 2.80. The molecule has 0 spiro atoms. The maximum Gasteiger partial charge on any atom is 0.239 e. The van der Waals surface area contributed by atoms with E-state index in [-0.39, 0.29) is 12.1 Å². The zero-order valence-corrected chi connectivity index (χ0v) is 10.8. The number of nitrogens with two attached hydrogens (primary N) is 2. The van der Waals surface area contributed by atoms with Gasteiger partial charge in [0.15, 0.2) is 5.82 Å². The predicted molar refractivity (Wildman–Crippen MR) is 72.4 cm³/mol. The van der Waals surface area contributed by atoms with Crippen LogP contribution < -0.4 is 11.5 Å². The Balaban J connectivity index is 2.02. The maximum atomic E-state index is 5.72. The lowest BCUT2D eigenvalue weighted by Crippen LogP contribution is -2.24. The van der Waals surface area contributed by atoms with Crippen LogP contribution in [-0.2, 0) is 4.74 Å². The largest absolute Gasteiger partial charge is 0.399 e. The van der Waals surface area contributed by atoms with Gasteiger partial charge in [0, 0.05) is 12.8 Å². The van der Waals surface area contributed by atoms with E-state index in [2.05, 4.69) is 10.1 Å². The SMILES string of the molecule is COC1CCC(c2ccc(N)cc2)n2nc(N)nc21. The highest BCUT2D eigenvalue weighted by Gasteiger charge is 2.30. The number of anilines is 2. The second-order valence-electron chi connectivity index (χ2n) is 4.76. The molecule has 3 rings (SSSR count). The summed E-state index contributed by atoms with van der Waals surface area (Å²) in [5.41, 5.74) is 13.4. The molecular weight excluding hydrogens is 242 g/mol. The number of hydrogen-bond acceptors (Lipinski definition) is 5. The van der Waals surface area contributed by atoms with Gasteiger partial charge in [-0.1, -0.05) is 12.1 Å². The van der Waals surface area contributed by atoms with E-state index in [1.165, 1.54) is 0 Å². The van der Waals surface area contributed by atoms with Gasteiger partial charge in [-0.15, -0.1) is 5.10 Å². The number of methoxy groups -OCH3 is 1. The van der Waals surface area contributed by atoms with Gasteiger partial charge in [-0.25, -0.2) is 4.68 Å². The van der Waals surface area contributed by atoms with Gasteiger partial charge in [-0.2, -0.15) is 4.98 Å². The summed E-state index contributed by atoms with van der Waals surface area (Å²) in [6.07, 6.45) is 1.82. The van der Waals surface area contributed by atoms with Gasteiger partial charge >= 0.3 is 0 Å². The molecule has 2 aromatic rings. The molecule has 0 bridgehead atoms. The summed E-state index contributed by atoms with van der Waals surface area (Å²) in [5.74, 6) is 1.09. The molecule has 0 amide bonds. The topological polar surface area (TPSA) is 92.0 Å². The number of hydrogen-bond donors (Lipinski definition) is 2. The van der Waals surface area contributed by atoms with Crippen molar-refractivity contribution in [2.45, 2.75) is 25.0 Å². The van der Waals surface area contributed by atoms with E-state index in [1.54, 1.807) is 7.11 Å². The van der Waals surface area contributed by atoms with Gasteiger partial charge in [0.2, 0.25) is 5.95 Å². The van der Waals surface area contributed by atoms with Crippen LogP contribution in [0.3, 0.4) is 0 Å². The highest BCUT2D eigenvalue weighted by atomic mass is 16.5. The first kappa shape index (κ1) is 12.0. The van der Waals surface area contributed by atoms with Crippen LogP contribution in [0.25, 0.3) is 0 Å². The van der Waals surface area contributed by atoms with Crippen molar-refractivity contribution in [2.24, 2.45) is 0 Å². The summed E-state index contributed by atoms with van der Waals surface area (Å²) >= 11 is 0. The fourth-order valence-electron chi connectivity index (χ4n) is 2.61. The van der Waals surface area contributed by atoms with Crippen molar-refractivity contribution < 1.29 is 4.74 Å². The van der Waals surface area contributed by atoms with Crippen LogP contribution in [-0.4, -0.2) is 21.9 Å². The Morgan fingerprint density at radius 1 is 1.21 bits per heavy atom. The summed E-state index contributed by atoms with van der Waals surface area (Å²) in [4.78, 5) is 4.28. The lowest BCUT2D eigenvalue weighted by atomic mass is 9.96. The van der Waals surface area contributed by atoms with E-state index in [4.69, 9.17) is 16.2 Å². The van der Waals surface area contributed by atoms with Crippen molar-refractivity contribution in [2.75, 3.05) is 18.6 Å². The Morgan fingerprint density at radius 3 is 2.63 bits per heavy atom. The third kappa shape index (κ3) is 2.04. The van der Waals surface area contributed by atoms with E-state index in [9.17, 15) is 0 Å². The molecule has 1 aliphatic rings. The summed E-state index contributed by atoms with van der Waals surface area (Å²) < 4.78 is 7.31. The molecule has 1 aliphatic heterocycles. The Bertz CT molecular complexity index is 577. The third-order valence-electron chi connectivity index (χ3n) is 3.57. The molecule has 4 N–H and O–H groups in total. The zero-order chi connectivity index (χ0) is 13.4. The number of nitrogen functional groups attached to an aromatic ring is 2. The maximum absolute atomic E-state index is 5.72. The first-order valence-electron chi connectivity index (χ1n) is 6.29. The standard InChI is InChI=1S/C13H17N5O/c1-19-11-7-6-10(8-2-4-9(14)5-3-8)18-12(11)16-13(15)17-18/h2-5,10-11H,6-7,14H2,1H3,(H2,15,17). The fraction of sp³-hybridized carbons (Fsp3) is 0.385. The fourth-order valence-corrected chi connectivity index (χ4v) is 2.61. The van der Waals surface area contributed by atoms with Crippen LogP contribution in [0.4, 0.5) is 11.6 Å². The summed E-state index contributed by atoms with van der Waals surface area (Å²) in [7, 11) is 1.68. The lowest BCUT2D eigenvalue weighted by Gasteiger charge is -2.28. The number of benzene rings is 1. The Hall–Kier alpha value is -2.08. The number of nitrogens with zero attached hydrogens (tertiary/aromatic N) is 3. The second-order valence-corrected chi connectivity index (χ2v) is 4.76. The van der Waals surface area contributed by atoms with Crippen LogP contribution >= 0.6 is 0 Å². The molecule has 0 fully saturated rings. The molecule has 2 unspecified atom stereocenters. The number of rotatable bonds is 2. The molecule has 1 aromatic heterocycles. The van der Waals surface area contributed by atoms with Crippen molar-refractivity contribution in [3.8, 4) is 0 Å². The van der Waals surface area contributed by atoms with Crippen molar-refractivity contribution >= 4 is 11.6 Å². The molecular formula is C13H17N5O. The van der Waals surface area contributed by atoms with Crippen LogP contribution in [0.2, 0.25) is 0 Å². The molecule has 19 heavy (non-hydrogen) atoms. The molecule has 2 atom stereocenters. The molecule has 1 aromatic carbocycles. The highest BCUT2D eigenvalue weighted by molar-refractivity contribution is 5.40. The molecule has 6 nitrogen and oxygen atoms in total. The van der Waals surface area contributed by atoms with Crippen molar-refractivity contribution in [3.05, 3.63) is 35.7 Å². The van der Waals surface area contributed by atoms with Crippen LogP contribution in [0.5, 0.6) is 0 Å². The minimum absolute atomic E-state index is 0.0326. The lowest BCUT2D eigenvalue weighted by molar-refractivity contribution is 0.0649. The number of fused-ring (bicyclic) bond motifs is 1. The van der Waals surface area contributed by atoms with Crippen molar-refractivity contribution in [1.82, 2.24) is 14.8 Å². The van der Waals surface area contributed by atoms with Gasteiger partial charge < -0.3 is 16.2 Å². The smallest absolute Gasteiger partial charge is 0.239 e. The minimum atomic E-state index is -0.0326. The normalized spacial score (nSPS) is 22.2. The summed E-state index contributed by atoms with van der Waals surface area (Å²) in [5, 5.41) is 4.30. The Morgan fingerprint density at radius 2 is 1.95 bits per heavy atom. The van der Waals surface area contributed by atoms with E-state index in [0.29, 0.717) is 5.95 Å². The van der Waals surface area contributed by atoms with Crippen LogP contribution in [0.1, 0.15) is 36.4 Å². The zero-order valence-electron chi connectivity index (χ0n) is 10.8. The molecule has 0 aliphatic carbocycles. The van der Waals surface area contributed by atoms with Crippen LogP contribution in [0, 0.1) is 0 Å². The molecule has 6 heteroatoms. The van der Waals surface area contributed by atoms with Crippen LogP contribution in [0.15, 0.2) is 24.3 Å². The molecule has 100 valence electrons.